The van der Waals surface area contributed by atoms with Crippen LogP contribution in [0.15, 0.2) is 65.4 Å². The smallest absolute Gasteiger partial charge is 0.258 e. The van der Waals surface area contributed by atoms with Crippen molar-refractivity contribution in [1.29, 1.82) is 0 Å². The topological polar surface area (TPSA) is 74.4 Å². The molecule has 1 aliphatic heterocycles. The molecule has 7 nitrogen and oxygen atoms in total. The second kappa shape index (κ2) is 23.1. The SMILES string of the molecule is CC.CCCC.Cc1cc(C(=O)N(CC(/C=N\N(C)C)=C\N)c2ccccc2)ccc1OCCCC1CCN(CCC(C)(C)C)CC1. The summed E-state index contributed by atoms with van der Waals surface area (Å²) in [4.78, 5) is 18.1. The lowest BCUT2D eigenvalue weighted by Gasteiger charge is -2.33. The van der Waals surface area contributed by atoms with Gasteiger partial charge < -0.3 is 25.3 Å². The second-order valence-electron chi connectivity index (χ2n) is 13.6. The Morgan fingerprint density at radius 1 is 1.04 bits per heavy atom. The van der Waals surface area contributed by atoms with Crippen molar-refractivity contribution in [3.63, 3.8) is 0 Å². The molecule has 3 rings (SSSR count). The van der Waals surface area contributed by atoms with Gasteiger partial charge in [0.25, 0.3) is 5.91 Å². The second-order valence-corrected chi connectivity index (χ2v) is 13.6. The molecule has 1 fully saturated rings. The summed E-state index contributed by atoms with van der Waals surface area (Å²) in [6, 6.07) is 15.3. The van der Waals surface area contributed by atoms with Crippen molar-refractivity contribution < 1.29 is 9.53 Å². The summed E-state index contributed by atoms with van der Waals surface area (Å²) in [6.07, 6.45) is 11.9. The number of piperidine rings is 1. The van der Waals surface area contributed by atoms with Crippen molar-refractivity contribution in [2.45, 2.75) is 100 Å². The summed E-state index contributed by atoms with van der Waals surface area (Å²) in [5.41, 5.74) is 9.39. The Hall–Kier alpha value is -3.32. The molecule has 0 saturated carbocycles. The maximum Gasteiger partial charge on any atom is 0.258 e. The maximum atomic E-state index is 13.7. The molecule has 264 valence electrons. The normalized spacial score (nSPS) is 14.1. The number of aryl methyl sites for hydroxylation is 1. The van der Waals surface area contributed by atoms with Gasteiger partial charge in [-0.1, -0.05) is 79.5 Å². The van der Waals surface area contributed by atoms with Gasteiger partial charge in [0, 0.05) is 37.1 Å². The summed E-state index contributed by atoms with van der Waals surface area (Å²) in [6.45, 7) is 22.0. The zero-order chi connectivity index (χ0) is 35.2. The van der Waals surface area contributed by atoms with E-state index >= 15 is 0 Å². The first kappa shape index (κ1) is 41.7. The van der Waals surface area contributed by atoms with Gasteiger partial charge in [0.05, 0.1) is 19.4 Å². The highest BCUT2D eigenvalue weighted by Crippen LogP contribution is 2.26. The van der Waals surface area contributed by atoms with E-state index < -0.39 is 0 Å². The van der Waals surface area contributed by atoms with Gasteiger partial charge in [-0.15, -0.1) is 0 Å². The third kappa shape index (κ3) is 16.9. The highest BCUT2D eigenvalue weighted by molar-refractivity contribution is 6.07. The molecule has 0 aliphatic carbocycles. The molecule has 2 N–H and O–H groups in total. The number of likely N-dealkylation sites (tertiary alicyclic amines) is 1. The Morgan fingerprint density at radius 3 is 2.21 bits per heavy atom. The minimum atomic E-state index is -0.0997. The predicted octanol–water partition coefficient (Wildman–Crippen LogP) is 9.17. The number of nitrogens with two attached hydrogens (primary N) is 1. The molecule has 1 heterocycles. The number of amides is 1. The average Bonchev–Trinajstić information content (AvgIpc) is 3.07. The van der Waals surface area contributed by atoms with Gasteiger partial charge in [-0.25, -0.2) is 0 Å². The molecular formula is C40H67N5O2. The number of anilines is 1. The molecule has 47 heavy (non-hydrogen) atoms. The van der Waals surface area contributed by atoms with Crippen molar-refractivity contribution in [2.24, 2.45) is 22.2 Å². The molecule has 0 bridgehead atoms. The lowest BCUT2D eigenvalue weighted by molar-refractivity contribution is 0.0989. The van der Waals surface area contributed by atoms with Crippen LogP contribution < -0.4 is 15.4 Å². The first-order valence-corrected chi connectivity index (χ1v) is 17.9. The van der Waals surface area contributed by atoms with Gasteiger partial charge >= 0.3 is 0 Å². The number of ether oxygens (including phenoxy) is 1. The molecule has 0 atom stereocenters. The van der Waals surface area contributed by atoms with Gasteiger partial charge in [0.1, 0.15) is 5.75 Å². The number of hydrazone groups is 1. The van der Waals surface area contributed by atoms with E-state index in [1.54, 1.807) is 16.1 Å². The van der Waals surface area contributed by atoms with E-state index in [1.165, 1.54) is 64.4 Å². The van der Waals surface area contributed by atoms with Crippen molar-refractivity contribution in [3.05, 3.63) is 71.4 Å². The zero-order valence-electron chi connectivity index (χ0n) is 31.5. The van der Waals surface area contributed by atoms with Crippen LogP contribution in [0, 0.1) is 18.3 Å². The summed E-state index contributed by atoms with van der Waals surface area (Å²) < 4.78 is 6.16. The summed E-state index contributed by atoms with van der Waals surface area (Å²) >= 11 is 0. The molecule has 0 spiro atoms. The highest BCUT2D eigenvalue weighted by atomic mass is 16.5. The van der Waals surface area contributed by atoms with Crippen LogP contribution in [0.4, 0.5) is 5.69 Å². The lowest BCUT2D eigenvalue weighted by atomic mass is 9.89. The fourth-order valence-corrected chi connectivity index (χ4v) is 5.04. The highest BCUT2D eigenvalue weighted by Gasteiger charge is 2.22. The van der Waals surface area contributed by atoms with Crippen LogP contribution in [0.3, 0.4) is 0 Å². The van der Waals surface area contributed by atoms with Crippen LogP contribution in [0.25, 0.3) is 0 Å². The van der Waals surface area contributed by atoms with E-state index in [1.807, 2.05) is 83.4 Å². The van der Waals surface area contributed by atoms with E-state index in [-0.39, 0.29) is 5.91 Å². The largest absolute Gasteiger partial charge is 0.493 e. The number of carbonyl (C=O) groups is 1. The molecule has 1 aliphatic rings. The molecule has 0 radical (unpaired) electrons. The van der Waals surface area contributed by atoms with Crippen LogP contribution in [0.2, 0.25) is 0 Å². The van der Waals surface area contributed by atoms with Crippen molar-refractivity contribution in [1.82, 2.24) is 9.91 Å². The number of rotatable bonds is 14. The Morgan fingerprint density at radius 2 is 1.68 bits per heavy atom. The third-order valence-electron chi connectivity index (χ3n) is 8.14. The molecule has 0 unspecified atom stereocenters. The molecule has 1 saturated heterocycles. The van der Waals surface area contributed by atoms with Gasteiger partial charge in [0.2, 0.25) is 0 Å². The number of hydrogen-bond donors (Lipinski definition) is 1. The Balaban J connectivity index is 0.00000171. The maximum absolute atomic E-state index is 13.7. The van der Waals surface area contributed by atoms with Gasteiger partial charge in [-0.2, -0.15) is 5.10 Å². The number of benzene rings is 2. The van der Waals surface area contributed by atoms with Crippen LogP contribution in [0.1, 0.15) is 109 Å². The van der Waals surface area contributed by atoms with E-state index in [9.17, 15) is 4.79 Å². The van der Waals surface area contributed by atoms with Crippen LogP contribution in [-0.2, 0) is 0 Å². The van der Waals surface area contributed by atoms with Gasteiger partial charge in [-0.05, 0) is 106 Å². The molecule has 7 heteroatoms. The molecule has 1 amide bonds. The Bertz CT molecular complexity index is 1180. The van der Waals surface area contributed by atoms with Crippen LogP contribution in [0.5, 0.6) is 5.75 Å². The molecule has 0 aromatic heterocycles. The van der Waals surface area contributed by atoms with E-state index in [0.717, 1.165) is 34.9 Å². The first-order valence-electron chi connectivity index (χ1n) is 17.9. The Labute approximate surface area is 288 Å². The average molecular weight is 650 g/mol. The van der Waals surface area contributed by atoms with E-state index in [2.05, 4.69) is 44.6 Å². The standard InChI is InChI=1S/C34H51N5O2.C4H10.C2H6/c1-27-23-30(33(40)39(31-12-8-7-9-13-31)26-29(24-35)25-36-37(5)6)14-15-32(27)41-22-10-11-28-16-19-38(20-17-28)21-18-34(2,3)4;1-3-4-2;1-2/h7-9,12-15,23-25,28H,10-11,16-22,26,35H2,1-6H3;3-4H2,1-2H3;1-2H3/b29-24-,36-25-;;. The van der Waals surface area contributed by atoms with Crippen molar-refractivity contribution >= 4 is 17.8 Å². The first-order chi connectivity index (χ1) is 22.5. The van der Waals surface area contributed by atoms with Crippen molar-refractivity contribution in [2.75, 3.05) is 51.8 Å². The molecular weight excluding hydrogens is 582 g/mol. The zero-order valence-corrected chi connectivity index (χ0v) is 31.5. The third-order valence-corrected chi connectivity index (χ3v) is 8.14. The van der Waals surface area contributed by atoms with Gasteiger partial charge in [-0.3, -0.25) is 4.79 Å². The number of unbranched alkanes of at least 4 members (excludes halogenated alkanes) is 1. The number of carbonyl (C=O) groups excluding carboxylic acids is 1. The Kier molecular flexibility index (Phi) is 20.5. The molecule has 2 aromatic carbocycles. The lowest BCUT2D eigenvalue weighted by Crippen LogP contribution is -2.35. The summed E-state index contributed by atoms with van der Waals surface area (Å²) in [7, 11) is 3.69. The number of hydrogen-bond acceptors (Lipinski definition) is 6. The number of nitrogens with zero attached hydrogens (tertiary/aromatic N) is 4. The minimum Gasteiger partial charge on any atom is -0.493 e. The predicted molar refractivity (Wildman–Crippen MR) is 204 cm³/mol. The van der Waals surface area contributed by atoms with Crippen LogP contribution in [-0.4, -0.2) is 68.9 Å². The van der Waals surface area contributed by atoms with E-state index in [4.69, 9.17) is 10.5 Å². The monoisotopic (exact) mass is 650 g/mol. The fourth-order valence-electron chi connectivity index (χ4n) is 5.04. The molecule has 2 aromatic rings. The fraction of sp³-hybridized carbons (Fsp3) is 0.600. The summed E-state index contributed by atoms with van der Waals surface area (Å²) in [5.74, 6) is 1.53. The summed E-state index contributed by atoms with van der Waals surface area (Å²) in [5, 5.41) is 5.98. The van der Waals surface area contributed by atoms with Crippen molar-refractivity contribution in [3.8, 4) is 5.75 Å². The quantitative estimate of drug-likeness (QED) is 0.126. The minimum absolute atomic E-state index is 0.0997. The van der Waals surface area contributed by atoms with Crippen LogP contribution >= 0.6 is 0 Å². The number of para-hydroxylation sites is 1. The van der Waals surface area contributed by atoms with Gasteiger partial charge in [0.15, 0.2) is 0 Å². The van der Waals surface area contributed by atoms with E-state index in [0.29, 0.717) is 24.1 Å².